The number of unbranched alkanes of at least 4 members (excludes halogenated alkanes) is 9. The van der Waals surface area contributed by atoms with E-state index in [0.717, 1.165) is 6.61 Å². The van der Waals surface area contributed by atoms with Gasteiger partial charge in [-0.05, 0) is 31.7 Å². The maximum absolute atomic E-state index is 6.22. The van der Waals surface area contributed by atoms with Crippen molar-refractivity contribution in [3.63, 3.8) is 0 Å². The molecular weight excluding hydrogens is 332 g/mol. The third-order valence-electron chi connectivity index (χ3n) is 4.32. The average Bonchev–Trinajstić information content (AvgIpc) is 2.49. The molecule has 0 heterocycles. The molecule has 1 nitrogen and oxygen atoms in total. The molecule has 0 aliphatic heterocycles. The van der Waals surface area contributed by atoms with Crippen LogP contribution in [-0.2, 0) is 4.43 Å². The summed E-state index contributed by atoms with van der Waals surface area (Å²) in [6.07, 6.45) is 15.5. The van der Waals surface area contributed by atoms with Crippen LogP contribution in [0.1, 0.15) is 77.6 Å². The first-order valence-electron chi connectivity index (χ1n) is 10.3. The second-order valence-electron chi connectivity index (χ2n) is 7.81. The summed E-state index contributed by atoms with van der Waals surface area (Å²) in [5, 5.41) is 0. The van der Waals surface area contributed by atoms with Gasteiger partial charge in [0, 0.05) is 15.4 Å². The summed E-state index contributed by atoms with van der Waals surface area (Å²) in [6.45, 7) is 12.9. The summed E-state index contributed by atoms with van der Waals surface area (Å²) in [7, 11) is -1.78. The summed E-state index contributed by atoms with van der Waals surface area (Å²) in [4.78, 5) is 0. The Morgan fingerprint density at radius 2 is 1.30 bits per heavy atom. The number of hydrogen-bond donors (Lipinski definition) is 0. The Kier molecular flexibility index (Phi) is 16.7. The van der Waals surface area contributed by atoms with E-state index in [-0.39, 0.29) is 8.80 Å². The Bertz CT molecular complexity index is 248. The Balaban J connectivity index is 3.32. The molecule has 0 aromatic heterocycles. The molecule has 23 heavy (non-hydrogen) atoms. The van der Waals surface area contributed by atoms with Crippen LogP contribution in [0, 0.1) is 0 Å². The highest BCUT2D eigenvalue weighted by Gasteiger charge is 2.22. The van der Waals surface area contributed by atoms with Gasteiger partial charge in [0.1, 0.15) is 0 Å². The van der Waals surface area contributed by atoms with Crippen molar-refractivity contribution in [3.8, 4) is 0 Å². The largest absolute Gasteiger partial charge is 0.407 e. The van der Waals surface area contributed by atoms with Crippen LogP contribution >= 0.6 is 11.2 Å². The lowest BCUT2D eigenvalue weighted by atomic mass is 10.1. The summed E-state index contributed by atoms with van der Waals surface area (Å²) < 4.78 is 6.22. The molecule has 140 valence electrons. The molecule has 4 heteroatoms. The van der Waals surface area contributed by atoms with E-state index in [1.54, 1.807) is 0 Å². The van der Waals surface area contributed by atoms with Gasteiger partial charge in [0.25, 0.3) is 0 Å². The zero-order chi connectivity index (χ0) is 17.4. The monoisotopic (exact) mass is 376 g/mol. The third-order valence-corrected chi connectivity index (χ3v) is 11.0. The number of hydrogen-bond acceptors (Lipinski definition) is 2. The molecule has 0 rings (SSSR count). The van der Waals surface area contributed by atoms with Crippen LogP contribution in [0.25, 0.3) is 0 Å². The highest BCUT2D eigenvalue weighted by molar-refractivity contribution is 8.27. The molecule has 0 atom stereocenters. The maximum Gasteiger partial charge on any atom is 0.247 e. The smallest absolute Gasteiger partial charge is 0.247 e. The van der Waals surface area contributed by atoms with Gasteiger partial charge in [-0.3, -0.25) is 0 Å². The van der Waals surface area contributed by atoms with Gasteiger partial charge in [-0.2, -0.15) is 11.2 Å². The van der Waals surface area contributed by atoms with Gasteiger partial charge in [0.05, 0.1) is 0 Å². The normalized spacial score (nSPS) is 12.3. The average molecular weight is 377 g/mol. The van der Waals surface area contributed by atoms with Gasteiger partial charge < -0.3 is 4.43 Å². The van der Waals surface area contributed by atoms with Gasteiger partial charge in [0.2, 0.25) is 7.47 Å². The molecule has 0 saturated carbocycles. The predicted octanol–water partition coefficient (Wildman–Crippen LogP) is 7.24. The highest BCUT2D eigenvalue weighted by atomic mass is 32.4. The van der Waals surface area contributed by atoms with Gasteiger partial charge in [0.15, 0.2) is 0 Å². The van der Waals surface area contributed by atoms with E-state index in [9.17, 15) is 0 Å². The Hall–Kier alpha value is 0.744. The summed E-state index contributed by atoms with van der Waals surface area (Å²) in [6, 6.07) is 1.50. The molecule has 0 radical (unpaired) electrons. The van der Waals surface area contributed by atoms with Crippen LogP contribution in [0.15, 0.2) is 0 Å². The zero-order valence-corrected chi connectivity index (χ0v) is 19.8. The van der Waals surface area contributed by atoms with Crippen LogP contribution in [0.4, 0.5) is 0 Å². The molecule has 0 N–H and O–H groups in total. The van der Waals surface area contributed by atoms with E-state index in [2.05, 4.69) is 44.3 Å². The Morgan fingerprint density at radius 1 is 0.783 bits per heavy atom. The van der Waals surface area contributed by atoms with Crippen LogP contribution < -0.4 is 0 Å². The van der Waals surface area contributed by atoms with Crippen LogP contribution in [0.3, 0.4) is 0 Å². The fraction of sp³-hybridized carbons (Fsp3) is 1.00. The lowest BCUT2D eigenvalue weighted by Gasteiger charge is -2.22. The fourth-order valence-corrected chi connectivity index (χ4v) is 8.00. The maximum atomic E-state index is 6.22. The van der Waals surface area contributed by atoms with E-state index in [1.807, 2.05) is 0 Å². The summed E-state index contributed by atoms with van der Waals surface area (Å²) in [5.41, 5.74) is 0. The van der Waals surface area contributed by atoms with Crippen molar-refractivity contribution in [1.82, 2.24) is 0 Å². The SMILES string of the molecule is CCCCCCCCCCCCO[Si](C)(C)SCCC[SiH](C)C. The van der Waals surface area contributed by atoms with E-state index in [4.69, 9.17) is 4.43 Å². The molecule has 0 spiro atoms. The molecule has 0 aliphatic carbocycles. The van der Waals surface area contributed by atoms with E-state index < -0.39 is 7.47 Å². The fourth-order valence-electron chi connectivity index (χ4n) is 2.76. The molecule has 0 aliphatic rings. The van der Waals surface area contributed by atoms with Gasteiger partial charge in [-0.1, -0.05) is 83.8 Å². The zero-order valence-electron chi connectivity index (χ0n) is 16.8. The molecule has 0 aromatic carbocycles. The van der Waals surface area contributed by atoms with Gasteiger partial charge in [-0.25, -0.2) is 0 Å². The van der Waals surface area contributed by atoms with Crippen molar-refractivity contribution in [2.75, 3.05) is 12.4 Å². The Labute approximate surface area is 154 Å². The molecule has 0 saturated heterocycles. The molecule has 0 aromatic rings. The van der Waals surface area contributed by atoms with Crippen molar-refractivity contribution < 1.29 is 4.43 Å². The van der Waals surface area contributed by atoms with Crippen molar-refractivity contribution in [1.29, 1.82) is 0 Å². The van der Waals surface area contributed by atoms with Crippen LogP contribution in [0.2, 0.25) is 32.2 Å². The van der Waals surface area contributed by atoms with Crippen molar-refractivity contribution >= 4 is 27.5 Å². The standard InChI is InChI=1S/C19H44OSSi2/c1-6-7-8-9-10-11-12-13-14-15-17-20-23(4,5)21-18-16-19-22(2)3/h22H,6-19H2,1-5H3. The molecule has 0 amide bonds. The van der Waals surface area contributed by atoms with Gasteiger partial charge >= 0.3 is 0 Å². The first-order chi connectivity index (χ1) is 11.0. The highest BCUT2D eigenvalue weighted by Crippen LogP contribution is 2.23. The minimum absolute atomic E-state index is 0.345. The van der Waals surface area contributed by atoms with E-state index >= 15 is 0 Å². The van der Waals surface area contributed by atoms with Crippen molar-refractivity contribution in [2.45, 2.75) is 110 Å². The summed E-state index contributed by atoms with van der Waals surface area (Å²) in [5.74, 6) is 1.32. The van der Waals surface area contributed by atoms with Crippen LogP contribution in [-0.4, -0.2) is 28.6 Å². The Morgan fingerprint density at radius 3 is 1.83 bits per heavy atom. The number of rotatable bonds is 17. The quantitative estimate of drug-likeness (QED) is 0.195. The lowest BCUT2D eigenvalue weighted by molar-refractivity contribution is 0.307. The van der Waals surface area contributed by atoms with E-state index in [1.165, 1.54) is 82.4 Å². The first kappa shape index (κ1) is 23.7. The predicted molar refractivity (Wildman–Crippen MR) is 116 cm³/mol. The van der Waals surface area contributed by atoms with Gasteiger partial charge in [-0.15, -0.1) is 0 Å². The second kappa shape index (κ2) is 16.2. The minimum Gasteiger partial charge on any atom is -0.407 e. The lowest BCUT2D eigenvalue weighted by Crippen LogP contribution is -2.27. The van der Waals surface area contributed by atoms with Crippen LogP contribution in [0.5, 0.6) is 0 Å². The molecular formula is C19H44OSSi2. The van der Waals surface area contributed by atoms with Crippen molar-refractivity contribution in [2.24, 2.45) is 0 Å². The topological polar surface area (TPSA) is 9.23 Å². The second-order valence-corrected chi connectivity index (χ2v) is 18.8. The van der Waals surface area contributed by atoms with E-state index in [0.29, 0.717) is 0 Å². The first-order valence-corrected chi connectivity index (χ1v) is 18.0. The summed E-state index contributed by atoms with van der Waals surface area (Å²) >= 11 is 2.14. The molecule has 0 fully saturated rings. The molecule has 0 unspecified atom stereocenters. The molecule has 0 bridgehead atoms. The minimum atomic E-state index is -1.44. The van der Waals surface area contributed by atoms with Crippen molar-refractivity contribution in [3.05, 3.63) is 0 Å². The third kappa shape index (κ3) is 18.9.